The summed E-state index contributed by atoms with van der Waals surface area (Å²) in [6, 6.07) is 9.34. The summed E-state index contributed by atoms with van der Waals surface area (Å²) in [5.41, 5.74) is 2.70. The van der Waals surface area contributed by atoms with Crippen LogP contribution >= 0.6 is 0 Å². The number of likely N-dealkylation sites (N-methyl/N-ethyl adjacent to an activating group) is 1. The monoisotopic (exact) mass is 497 g/mol. The Hall–Kier alpha value is -3.26. The van der Waals surface area contributed by atoms with E-state index in [4.69, 9.17) is 14.2 Å². The van der Waals surface area contributed by atoms with Gasteiger partial charge in [-0.15, -0.1) is 0 Å². The highest BCUT2D eigenvalue weighted by atomic mass is 16.5. The Morgan fingerprint density at radius 3 is 1.92 bits per heavy atom. The van der Waals surface area contributed by atoms with Crippen LogP contribution in [0.4, 0.5) is 5.69 Å². The van der Waals surface area contributed by atoms with E-state index in [9.17, 15) is 9.59 Å². The maximum Gasteiger partial charge on any atom is 0.254 e. The number of carbonyl (C=O) groups is 2. The van der Waals surface area contributed by atoms with E-state index in [1.54, 1.807) is 17.0 Å². The van der Waals surface area contributed by atoms with Gasteiger partial charge in [0, 0.05) is 24.3 Å². The van der Waals surface area contributed by atoms with Crippen LogP contribution in [0.15, 0.2) is 30.3 Å². The fourth-order valence-electron chi connectivity index (χ4n) is 5.22. The van der Waals surface area contributed by atoms with Gasteiger partial charge in [0.1, 0.15) is 5.54 Å². The van der Waals surface area contributed by atoms with Crippen molar-refractivity contribution in [2.24, 2.45) is 0 Å². The van der Waals surface area contributed by atoms with Crippen LogP contribution in [0.25, 0.3) is 0 Å². The number of benzene rings is 2. The molecule has 0 aromatic heterocycles. The maximum atomic E-state index is 13.8. The van der Waals surface area contributed by atoms with Crippen molar-refractivity contribution in [1.82, 2.24) is 9.80 Å². The van der Waals surface area contributed by atoms with E-state index in [0.29, 0.717) is 48.7 Å². The summed E-state index contributed by atoms with van der Waals surface area (Å²) >= 11 is 0. The highest BCUT2D eigenvalue weighted by Gasteiger charge is 2.46. The van der Waals surface area contributed by atoms with Gasteiger partial charge >= 0.3 is 0 Å². The van der Waals surface area contributed by atoms with Gasteiger partial charge in [0.25, 0.3) is 5.91 Å². The molecular formula is C28H39N3O5. The van der Waals surface area contributed by atoms with Crippen molar-refractivity contribution in [2.75, 3.05) is 52.8 Å². The molecule has 0 radical (unpaired) electrons. The number of piperidine rings is 1. The predicted octanol–water partition coefficient (Wildman–Crippen LogP) is 4.28. The average Bonchev–Trinajstić information content (AvgIpc) is 2.90. The second-order valence-corrected chi connectivity index (χ2v) is 9.13. The number of rotatable bonds is 9. The number of anilines is 1. The molecule has 1 aliphatic rings. The highest BCUT2D eigenvalue weighted by Crippen LogP contribution is 2.39. The lowest BCUT2D eigenvalue weighted by Crippen LogP contribution is -2.62. The molecule has 0 atom stereocenters. The number of nitrogens with one attached hydrogen (secondary N) is 1. The topological polar surface area (TPSA) is 80.3 Å². The van der Waals surface area contributed by atoms with E-state index < -0.39 is 5.54 Å². The molecular weight excluding hydrogens is 458 g/mol. The van der Waals surface area contributed by atoms with E-state index in [0.717, 1.165) is 29.9 Å². The molecule has 1 N–H and O–H groups in total. The summed E-state index contributed by atoms with van der Waals surface area (Å²) in [6.45, 7) is 10.6. The molecule has 8 nitrogen and oxygen atoms in total. The number of aryl methyl sites for hydroxylation is 2. The quantitative estimate of drug-likeness (QED) is 0.557. The van der Waals surface area contributed by atoms with Crippen LogP contribution in [0, 0.1) is 13.8 Å². The minimum atomic E-state index is -0.690. The van der Waals surface area contributed by atoms with Crippen LogP contribution in [0.3, 0.4) is 0 Å². The van der Waals surface area contributed by atoms with Gasteiger partial charge in [-0.05, 0) is 63.0 Å². The highest BCUT2D eigenvalue weighted by molar-refractivity contribution is 6.00. The lowest BCUT2D eigenvalue weighted by atomic mass is 9.83. The van der Waals surface area contributed by atoms with Crippen molar-refractivity contribution in [1.29, 1.82) is 0 Å². The van der Waals surface area contributed by atoms with Crippen LogP contribution in [0.1, 0.15) is 48.2 Å². The van der Waals surface area contributed by atoms with Crippen molar-refractivity contribution < 1.29 is 23.8 Å². The van der Waals surface area contributed by atoms with Gasteiger partial charge in [-0.25, -0.2) is 0 Å². The number of para-hydroxylation sites is 1. The molecule has 1 heterocycles. The minimum absolute atomic E-state index is 0.0107. The minimum Gasteiger partial charge on any atom is -0.493 e. The van der Waals surface area contributed by atoms with Gasteiger partial charge in [-0.2, -0.15) is 0 Å². The summed E-state index contributed by atoms with van der Waals surface area (Å²) < 4.78 is 16.2. The van der Waals surface area contributed by atoms with Crippen LogP contribution in [0.5, 0.6) is 17.2 Å². The zero-order chi connectivity index (χ0) is 26.5. The fraction of sp³-hybridized carbons (Fsp3) is 0.500. The predicted molar refractivity (Wildman–Crippen MR) is 141 cm³/mol. The Bertz CT molecular complexity index is 1040. The first kappa shape index (κ1) is 27.3. The van der Waals surface area contributed by atoms with Gasteiger partial charge < -0.3 is 24.4 Å². The summed E-state index contributed by atoms with van der Waals surface area (Å²) in [6.07, 6.45) is 1.09. The zero-order valence-electron chi connectivity index (χ0n) is 22.6. The fourth-order valence-corrected chi connectivity index (χ4v) is 5.22. The number of ether oxygens (including phenoxy) is 3. The van der Waals surface area contributed by atoms with Gasteiger partial charge in [-0.3, -0.25) is 14.5 Å². The lowest BCUT2D eigenvalue weighted by molar-refractivity contribution is -0.131. The maximum absolute atomic E-state index is 13.8. The number of nitrogens with zero attached hydrogens (tertiary/aromatic N) is 2. The largest absolute Gasteiger partial charge is 0.493 e. The number of hydrogen-bond donors (Lipinski definition) is 1. The Labute approximate surface area is 214 Å². The number of hydrogen-bond acceptors (Lipinski definition) is 6. The smallest absolute Gasteiger partial charge is 0.254 e. The Kier molecular flexibility index (Phi) is 8.84. The van der Waals surface area contributed by atoms with Gasteiger partial charge in [-0.1, -0.05) is 32.0 Å². The second-order valence-electron chi connectivity index (χ2n) is 9.13. The standard InChI is InChI=1S/C28H39N3O5/c1-8-31(9-2)28(27(33)29-24-19(3)11-10-12-20(24)4)13-15-30(16-14-28)26(32)21-17-22(34-5)25(36-7)23(18-21)35-6/h10-12,17-18H,8-9,13-16H2,1-7H3,(H,29,33). The molecule has 1 saturated heterocycles. The van der Waals surface area contributed by atoms with E-state index in [1.807, 2.05) is 32.0 Å². The van der Waals surface area contributed by atoms with E-state index >= 15 is 0 Å². The Morgan fingerprint density at radius 2 is 1.47 bits per heavy atom. The van der Waals surface area contributed by atoms with E-state index in [2.05, 4.69) is 24.1 Å². The van der Waals surface area contributed by atoms with Crippen molar-refractivity contribution in [3.63, 3.8) is 0 Å². The summed E-state index contributed by atoms with van der Waals surface area (Å²) in [7, 11) is 4.59. The van der Waals surface area contributed by atoms with Crippen molar-refractivity contribution in [3.8, 4) is 17.2 Å². The molecule has 2 aromatic carbocycles. The van der Waals surface area contributed by atoms with Crippen molar-refractivity contribution >= 4 is 17.5 Å². The molecule has 0 aliphatic carbocycles. The number of amides is 2. The average molecular weight is 498 g/mol. The number of likely N-dealkylation sites (tertiary alicyclic amines) is 1. The molecule has 3 rings (SSSR count). The summed E-state index contributed by atoms with van der Waals surface area (Å²) in [5, 5.41) is 3.23. The molecule has 0 spiro atoms. The molecule has 2 amide bonds. The van der Waals surface area contributed by atoms with Crippen molar-refractivity contribution in [3.05, 3.63) is 47.0 Å². The first-order valence-corrected chi connectivity index (χ1v) is 12.5. The molecule has 8 heteroatoms. The van der Waals surface area contributed by atoms with Gasteiger partial charge in [0.2, 0.25) is 11.7 Å². The molecule has 196 valence electrons. The van der Waals surface area contributed by atoms with Crippen LogP contribution in [-0.4, -0.2) is 74.7 Å². The van der Waals surface area contributed by atoms with Crippen LogP contribution < -0.4 is 19.5 Å². The SMILES string of the molecule is CCN(CC)C1(C(=O)Nc2c(C)cccc2C)CCN(C(=O)c2cc(OC)c(OC)c(OC)c2)CC1. The number of methoxy groups -OCH3 is 3. The Morgan fingerprint density at radius 1 is 0.944 bits per heavy atom. The molecule has 2 aromatic rings. The molecule has 0 unspecified atom stereocenters. The van der Waals surface area contributed by atoms with Crippen molar-refractivity contribution in [2.45, 2.75) is 46.1 Å². The molecule has 36 heavy (non-hydrogen) atoms. The van der Waals surface area contributed by atoms with Crippen LogP contribution in [0.2, 0.25) is 0 Å². The third kappa shape index (κ3) is 5.14. The van der Waals surface area contributed by atoms with E-state index in [-0.39, 0.29) is 11.8 Å². The third-order valence-electron chi connectivity index (χ3n) is 7.30. The van der Waals surface area contributed by atoms with Gasteiger partial charge in [0.15, 0.2) is 11.5 Å². The van der Waals surface area contributed by atoms with Crippen LogP contribution in [-0.2, 0) is 4.79 Å². The molecule has 1 fully saturated rings. The first-order chi connectivity index (χ1) is 17.3. The first-order valence-electron chi connectivity index (χ1n) is 12.5. The summed E-state index contributed by atoms with van der Waals surface area (Å²) in [4.78, 5) is 31.3. The Balaban J connectivity index is 1.86. The lowest BCUT2D eigenvalue weighted by Gasteiger charge is -2.47. The molecule has 0 bridgehead atoms. The molecule has 1 aliphatic heterocycles. The van der Waals surface area contributed by atoms with Gasteiger partial charge in [0.05, 0.1) is 21.3 Å². The number of carbonyl (C=O) groups excluding carboxylic acids is 2. The third-order valence-corrected chi connectivity index (χ3v) is 7.30. The zero-order valence-corrected chi connectivity index (χ0v) is 22.6. The normalized spacial score (nSPS) is 14.9. The molecule has 0 saturated carbocycles. The summed E-state index contributed by atoms with van der Waals surface area (Å²) in [5.74, 6) is 1.17. The van der Waals surface area contributed by atoms with E-state index in [1.165, 1.54) is 21.3 Å². The second kappa shape index (κ2) is 11.6.